The van der Waals surface area contributed by atoms with Crippen LogP contribution in [0.1, 0.15) is 11.1 Å². The molecule has 0 saturated carbocycles. The van der Waals surface area contributed by atoms with Gasteiger partial charge in [0, 0.05) is 16.9 Å². The van der Waals surface area contributed by atoms with E-state index in [1.165, 1.54) is 17.4 Å². The van der Waals surface area contributed by atoms with Crippen molar-refractivity contribution in [3.05, 3.63) is 29.3 Å². The number of sulfone groups is 1. The summed E-state index contributed by atoms with van der Waals surface area (Å²) in [5.74, 6) is 0.867. The van der Waals surface area contributed by atoms with Crippen molar-refractivity contribution in [3.8, 4) is 0 Å². The Morgan fingerprint density at radius 1 is 1.20 bits per heavy atom. The van der Waals surface area contributed by atoms with E-state index in [-0.39, 0.29) is 5.75 Å². The Kier molecular flexibility index (Phi) is 4.22. The lowest BCUT2D eigenvalue weighted by Crippen LogP contribution is -2.04. The molecular weight excluding hydrogens is 228 g/mol. The third kappa shape index (κ3) is 4.71. The van der Waals surface area contributed by atoms with E-state index in [2.05, 4.69) is 26.0 Å². The van der Waals surface area contributed by atoms with Crippen LogP contribution in [-0.4, -0.2) is 26.2 Å². The maximum absolute atomic E-state index is 10.9. The SMILES string of the molecule is Cc1ccc(SCCS(C)(=O)=O)cc1C. The summed E-state index contributed by atoms with van der Waals surface area (Å²) in [5, 5.41) is 0. The van der Waals surface area contributed by atoms with E-state index in [9.17, 15) is 8.42 Å². The molecule has 2 nitrogen and oxygen atoms in total. The highest BCUT2D eigenvalue weighted by Gasteiger charge is 2.03. The summed E-state index contributed by atoms with van der Waals surface area (Å²) in [6, 6.07) is 6.20. The van der Waals surface area contributed by atoms with Gasteiger partial charge in [-0.05, 0) is 37.1 Å². The minimum Gasteiger partial charge on any atom is -0.229 e. The minimum absolute atomic E-state index is 0.241. The van der Waals surface area contributed by atoms with Crippen LogP contribution in [0.15, 0.2) is 23.1 Å². The second-order valence-corrected chi connectivity index (χ2v) is 7.15. The minimum atomic E-state index is -2.83. The summed E-state index contributed by atoms with van der Waals surface area (Å²) >= 11 is 1.59. The molecule has 15 heavy (non-hydrogen) atoms. The Hall–Kier alpha value is -0.480. The van der Waals surface area contributed by atoms with Crippen molar-refractivity contribution < 1.29 is 8.42 Å². The number of hydrogen-bond acceptors (Lipinski definition) is 3. The predicted octanol–water partition coefficient (Wildman–Crippen LogP) is 2.44. The average molecular weight is 244 g/mol. The maximum Gasteiger partial charge on any atom is 0.148 e. The molecule has 0 radical (unpaired) electrons. The van der Waals surface area contributed by atoms with Crippen molar-refractivity contribution >= 4 is 21.6 Å². The van der Waals surface area contributed by atoms with Gasteiger partial charge in [-0.15, -0.1) is 11.8 Å². The van der Waals surface area contributed by atoms with Gasteiger partial charge in [-0.1, -0.05) is 6.07 Å². The van der Waals surface area contributed by atoms with Crippen molar-refractivity contribution in [2.24, 2.45) is 0 Å². The zero-order valence-corrected chi connectivity index (χ0v) is 10.9. The normalized spacial score (nSPS) is 11.7. The molecule has 0 spiro atoms. The number of thioether (sulfide) groups is 1. The van der Waals surface area contributed by atoms with Crippen LogP contribution >= 0.6 is 11.8 Å². The summed E-state index contributed by atoms with van der Waals surface area (Å²) in [4.78, 5) is 1.14. The Labute approximate surface area is 96.0 Å². The maximum atomic E-state index is 10.9. The highest BCUT2D eigenvalue weighted by molar-refractivity contribution is 8.00. The first-order valence-electron chi connectivity index (χ1n) is 4.76. The monoisotopic (exact) mass is 244 g/mol. The van der Waals surface area contributed by atoms with Gasteiger partial charge in [0.2, 0.25) is 0 Å². The highest BCUT2D eigenvalue weighted by Crippen LogP contribution is 2.20. The first kappa shape index (κ1) is 12.6. The highest BCUT2D eigenvalue weighted by atomic mass is 32.2. The summed E-state index contributed by atoms with van der Waals surface area (Å²) in [7, 11) is -2.83. The Bertz CT molecular complexity index is 436. The molecule has 0 amide bonds. The molecule has 0 saturated heterocycles. The summed E-state index contributed by atoms with van der Waals surface area (Å²) in [6.45, 7) is 4.14. The lowest BCUT2D eigenvalue weighted by molar-refractivity contribution is 0.603. The molecule has 0 bridgehead atoms. The summed E-state index contributed by atoms with van der Waals surface area (Å²) < 4.78 is 21.9. The van der Waals surface area contributed by atoms with E-state index in [4.69, 9.17) is 0 Å². The molecule has 0 atom stereocenters. The molecule has 1 aromatic rings. The van der Waals surface area contributed by atoms with Gasteiger partial charge in [-0.2, -0.15) is 0 Å². The molecule has 0 N–H and O–H groups in total. The van der Waals surface area contributed by atoms with E-state index in [0.717, 1.165) is 4.90 Å². The molecule has 84 valence electrons. The lowest BCUT2D eigenvalue weighted by Gasteiger charge is -2.04. The van der Waals surface area contributed by atoms with Crippen LogP contribution in [0.4, 0.5) is 0 Å². The summed E-state index contributed by atoms with van der Waals surface area (Å²) in [6.07, 6.45) is 1.27. The quantitative estimate of drug-likeness (QED) is 0.763. The second kappa shape index (κ2) is 5.03. The van der Waals surface area contributed by atoms with E-state index >= 15 is 0 Å². The van der Waals surface area contributed by atoms with Crippen LogP contribution in [0, 0.1) is 13.8 Å². The van der Waals surface area contributed by atoms with Gasteiger partial charge in [0.25, 0.3) is 0 Å². The third-order valence-corrected chi connectivity index (χ3v) is 4.40. The number of rotatable bonds is 4. The third-order valence-electron chi connectivity index (χ3n) is 2.20. The smallest absolute Gasteiger partial charge is 0.148 e. The Morgan fingerprint density at radius 3 is 2.40 bits per heavy atom. The molecule has 4 heteroatoms. The molecule has 0 heterocycles. The molecule has 0 fully saturated rings. The standard InChI is InChI=1S/C11H16O2S2/c1-9-4-5-11(8-10(9)2)14-6-7-15(3,12)13/h4-5,8H,6-7H2,1-3H3. The van der Waals surface area contributed by atoms with Gasteiger partial charge in [0.05, 0.1) is 5.75 Å². The van der Waals surface area contributed by atoms with Crippen LogP contribution in [0.5, 0.6) is 0 Å². The fraction of sp³-hybridized carbons (Fsp3) is 0.455. The molecule has 0 aliphatic heterocycles. The second-order valence-electron chi connectivity index (χ2n) is 3.72. The molecule has 0 aliphatic carbocycles. The van der Waals surface area contributed by atoms with Crippen LogP contribution in [-0.2, 0) is 9.84 Å². The van der Waals surface area contributed by atoms with Gasteiger partial charge in [-0.25, -0.2) is 8.42 Å². The van der Waals surface area contributed by atoms with Crippen LogP contribution < -0.4 is 0 Å². The number of aryl methyl sites for hydroxylation is 2. The topological polar surface area (TPSA) is 34.1 Å². The van der Waals surface area contributed by atoms with Crippen molar-refractivity contribution in [2.45, 2.75) is 18.7 Å². The van der Waals surface area contributed by atoms with E-state index in [1.807, 2.05) is 6.07 Å². The molecule has 0 unspecified atom stereocenters. The van der Waals surface area contributed by atoms with Gasteiger partial charge in [-0.3, -0.25) is 0 Å². The van der Waals surface area contributed by atoms with Gasteiger partial charge in [0.1, 0.15) is 9.84 Å². The fourth-order valence-corrected chi connectivity index (χ4v) is 3.32. The van der Waals surface area contributed by atoms with Crippen molar-refractivity contribution in [2.75, 3.05) is 17.8 Å². The zero-order chi connectivity index (χ0) is 11.5. The Balaban J connectivity index is 2.55. The van der Waals surface area contributed by atoms with Crippen molar-refractivity contribution in [1.29, 1.82) is 0 Å². The number of hydrogen-bond donors (Lipinski definition) is 0. The first-order chi connectivity index (χ1) is 6.88. The van der Waals surface area contributed by atoms with Crippen molar-refractivity contribution in [1.82, 2.24) is 0 Å². The van der Waals surface area contributed by atoms with Crippen molar-refractivity contribution in [3.63, 3.8) is 0 Å². The molecule has 0 aromatic heterocycles. The Morgan fingerprint density at radius 2 is 1.87 bits per heavy atom. The van der Waals surface area contributed by atoms with Crippen LogP contribution in [0.2, 0.25) is 0 Å². The van der Waals surface area contributed by atoms with Crippen LogP contribution in [0.3, 0.4) is 0 Å². The zero-order valence-electron chi connectivity index (χ0n) is 9.28. The number of benzene rings is 1. The van der Waals surface area contributed by atoms with Gasteiger partial charge >= 0.3 is 0 Å². The molecule has 1 rings (SSSR count). The molecular formula is C11H16O2S2. The average Bonchev–Trinajstić information content (AvgIpc) is 2.09. The lowest BCUT2D eigenvalue weighted by atomic mass is 10.1. The fourth-order valence-electron chi connectivity index (χ4n) is 1.11. The predicted molar refractivity (Wildman–Crippen MR) is 66.4 cm³/mol. The van der Waals surface area contributed by atoms with E-state index in [0.29, 0.717) is 5.75 Å². The largest absolute Gasteiger partial charge is 0.229 e. The van der Waals surface area contributed by atoms with Gasteiger partial charge in [0.15, 0.2) is 0 Å². The van der Waals surface area contributed by atoms with E-state index in [1.54, 1.807) is 11.8 Å². The molecule has 0 aliphatic rings. The van der Waals surface area contributed by atoms with E-state index < -0.39 is 9.84 Å². The van der Waals surface area contributed by atoms with Gasteiger partial charge < -0.3 is 0 Å². The van der Waals surface area contributed by atoms with Crippen LogP contribution in [0.25, 0.3) is 0 Å². The molecule has 1 aromatic carbocycles. The first-order valence-corrected chi connectivity index (χ1v) is 7.81. The summed E-state index contributed by atoms with van der Waals surface area (Å²) in [5.41, 5.74) is 2.52.